The number of rotatable bonds is 9. The number of hydrogen-bond donors (Lipinski definition) is 2. The Kier molecular flexibility index (Phi) is 12.8. The topological polar surface area (TPSA) is 100 Å². The molecule has 2 heterocycles. The van der Waals surface area contributed by atoms with Gasteiger partial charge >= 0.3 is 12.3 Å². The summed E-state index contributed by atoms with van der Waals surface area (Å²) < 4.78 is 53.1. The lowest BCUT2D eigenvalue weighted by Crippen LogP contribution is -2.54. The van der Waals surface area contributed by atoms with Crippen LogP contribution in [0.2, 0.25) is 5.02 Å². The van der Waals surface area contributed by atoms with Gasteiger partial charge in [0, 0.05) is 28.0 Å². The van der Waals surface area contributed by atoms with Crippen LogP contribution in [0.15, 0.2) is 125 Å². The maximum absolute atomic E-state index is 14.7. The average Bonchev–Trinajstić information content (AvgIpc) is 4.02. The predicted octanol–water partition coefficient (Wildman–Crippen LogP) is 12.8. The number of allylic oxidation sites excluding steroid dienone is 2. The van der Waals surface area contributed by atoms with Crippen LogP contribution in [0.5, 0.6) is 5.75 Å². The second-order valence-corrected chi connectivity index (χ2v) is 18.7. The molecule has 4 aromatic carbocycles. The van der Waals surface area contributed by atoms with Crippen LogP contribution in [0.25, 0.3) is 22.1 Å². The SMILES string of the molecule is CC1=CCC[C@@]2(C)[C@@H](CC[C@@]2(O)CN(CCc2cccs2)C(=O)Oc2ccc3ccccc3c2)c2ccc(cc2C(=O)c2ccc(-c3cc(C(F)(F)F)ccc3Cl)o2)C[C@@H](O)CC1. The van der Waals surface area contributed by atoms with Gasteiger partial charge in [-0.25, -0.2) is 4.79 Å². The van der Waals surface area contributed by atoms with E-state index in [1.54, 1.807) is 28.4 Å². The molecule has 0 aliphatic heterocycles. The van der Waals surface area contributed by atoms with Crippen LogP contribution in [0.1, 0.15) is 96.0 Å². The van der Waals surface area contributed by atoms with Crippen molar-refractivity contribution < 1.29 is 42.1 Å². The minimum Gasteiger partial charge on any atom is -0.453 e. The molecule has 4 atom stereocenters. The van der Waals surface area contributed by atoms with E-state index in [1.165, 1.54) is 12.1 Å². The number of thiophene rings is 1. The van der Waals surface area contributed by atoms with Gasteiger partial charge in [-0.3, -0.25) is 4.79 Å². The summed E-state index contributed by atoms with van der Waals surface area (Å²) in [5.41, 5.74) is -0.375. The first kappa shape index (κ1) is 44.4. The normalized spacial score (nSPS) is 21.7. The van der Waals surface area contributed by atoms with Gasteiger partial charge in [0.1, 0.15) is 11.5 Å². The van der Waals surface area contributed by atoms with Crippen molar-refractivity contribution in [3.05, 3.63) is 158 Å². The number of amides is 1. The molecule has 1 fully saturated rings. The Labute approximate surface area is 373 Å². The zero-order chi connectivity index (χ0) is 44.5. The van der Waals surface area contributed by atoms with Crippen LogP contribution < -0.4 is 4.74 Å². The number of hydrogen-bond acceptors (Lipinski definition) is 7. The highest BCUT2D eigenvalue weighted by Gasteiger charge is 2.58. The lowest BCUT2D eigenvalue weighted by Gasteiger charge is -2.46. The van der Waals surface area contributed by atoms with Gasteiger partial charge in [0.15, 0.2) is 5.76 Å². The van der Waals surface area contributed by atoms with Crippen LogP contribution >= 0.6 is 22.9 Å². The maximum atomic E-state index is 14.7. The Balaban J connectivity index is 1.16. The summed E-state index contributed by atoms with van der Waals surface area (Å²) in [5.74, 6) is -0.563. The summed E-state index contributed by atoms with van der Waals surface area (Å²) in [6.45, 7) is 4.36. The molecule has 7 nitrogen and oxygen atoms in total. The van der Waals surface area contributed by atoms with Crippen molar-refractivity contribution in [1.82, 2.24) is 4.90 Å². The van der Waals surface area contributed by atoms with Crippen molar-refractivity contribution in [2.45, 2.75) is 89.0 Å². The molecule has 0 spiro atoms. The molecule has 1 amide bonds. The summed E-state index contributed by atoms with van der Waals surface area (Å²) in [6, 6.07) is 28.7. The number of aliphatic hydroxyl groups is 2. The summed E-state index contributed by atoms with van der Waals surface area (Å²) in [7, 11) is 0. The van der Waals surface area contributed by atoms with Crippen LogP contribution in [0.3, 0.4) is 0 Å². The lowest BCUT2D eigenvalue weighted by atomic mass is 9.64. The standard InChI is InChI=1S/C51H49ClF3NO6S/c1-32-7-5-23-49(2)43(21-24-50(49,60)31-56(25-22-39-10-6-26-63-39)48(59)61-38-16-13-34-8-3-4-9-35(34)29-38)40-17-12-33(27-37(57)15-11-32)28-41(40)47(58)46-20-19-45(62-46)42-30-36(51(53,54)55)14-18-44(42)52/h3-4,6-10,12-14,16-20,26,28-30,37,43,57,60H,5,11,15,21-25,27,31H2,1-2H3/t37-,43-,49-,50+/m0/s1. The number of halogens is 4. The minimum atomic E-state index is -4.62. The number of aliphatic hydroxyl groups excluding tert-OH is 1. The van der Waals surface area contributed by atoms with Crippen molar-refractivity contribution in [1.29, 1.82) is 0 Å². The molecule has 9 rings (SSSR count). The molecule has 3 aliphatic rings. The molecule has 1 saturated carbocycles. The van der Waals surface area contributed by atoms with Crippen molar-refractivity contribution >= 4 is 45.6 Å². The van der Waals surface area contributed by atoms with E-state index in [-0.39, 0.29) is 34.6 Å². The second kappa shape index (κ2) is 18.1. The minimum absolute atomic E-state index is 0.00310. The van der Waals surface area contributed by atoms with Crippen molar-refractivity contribution in [3.8, 4) is 17.1 Å². The zero-order valence-electron chi connectivity index (χ0n) is 35.1. The van der Waals surface area contributed by atoms with Gasteiger partial charge < -0.3 is 24.3 Å². The molecule has 0 saturated heterocycles. The van der Waals surface area contributed by atoms with Crippen molar-refractivity contribution in [2.24, 2.45) is 5.41 Å². The summed E-state index contributed by atoms with van der Waals surface area (Å²) in [5, 5.41) is 28.2. The van der Waals surface area contributed by atoms with Crippen LogP contribution in [0.4, 0.5) is 18.0 Å². The number of carbonyl (C=O) groups is 2. The van der Waals surface area contributed by atoms with Crippen LogP contribution in [-0.2, 0) is 19.0 Å². The highest BCUT2D eigenvalue weighted by atomic mass is 35.5. The van der Waals surface area contributed by atoms with E-state index in [0.717, 1.165) is 45.0 Å². The van der Waals surface area contributed by atoms with E-state index in [2.05, 4.69) is 6.08 Å². The van der Waals surface area contributed by atoms with Crippen molar-refractivity contribution in [3.63, 3.8) is 0 Å². The molecule has 3 aliphatic carbocycles. The number of furan rings is 1. The Morgan fingerprint density at radius 1 is 0.952 bits per heavy atom. The number of carbonyl (C=O) groups excluding carboxylic acids is 2. The Morgan fingerprint density at radius 2 is 1.76 bits per heavy atom. The number of fused-ring (bicyclic) bond motifs is 9. The van der Waals surface area contributed by atoms with Gasteiger partial charge in [0.25, 0.3) is 0 Å². The highest BCUT2D eigenvalue weighted by Crippen LogP contribution is 2.59. The molecule has 0 radical (unpaired) electrons. The average molecular weight is 896 g/mol. The molecule has 2 aromatic heterocycles. The van der Waals surface area contributed by atoms with Crippen LogP contribution in [0, 0.1) is 5.41 Å². The largest absolute Gasteiger partial charge is 0.453 e. The number of benzene rings is 4. The molecular formula is C51H49ClF3NO6S. The molecule has 6 aromatic rings. The highest BCUT2D eigenvalue weighted by molar-refractivity contribution is 7.09. The monoisotopic (exact) mass is 895 g/mol. The van der Waals surface area contributed by atoms with E-state index in [1.807, 2.05) is 79.9 Å². The number of alkyl halides is 3. The van der Waals surface area contributed by atoms with E-state index in [0.29, 0.717) is 74.8 Å². The Hall–Kier alpha value is -5.20. The van der Waals surface area contributed by atoms with Gasteiger partial charge in [0.2, 0.25) is 5.78 Å². The number of ether oxygens (including phenoxy) is 1. The second-order valence-electron chi connectivity index (χ2n) is 17.3. The molecule has 63 heavy (non-hydrogen) atoms. The molecule has 0 unspecified atom stereocenters. The fourth-order valence-corrected chi connectivity index (χ4v) is 10.4. The van der Waals surface area contributed by atoms with E-state index in [4.69, 9.17) is 20.8 Å². The fraction of sp³-hybridized carbons (Fsp3) is 0.333. The molecule has 12 heteroatoms. The first-order valence-electron chi connectivity index (χ1n) is 21.3. The fourth-order valence-electron chi connectivity index (χ4n) is 9.47. The Bertz CT molecular complexity index is 2660. The van der Waals surface area contributed by atoms with Gasteiger partial charge in [-0.15, -0.1) is 11.3 Å². The van der Waals surface area contributed by atoms with Gasteiger partial charge in [0.05, 0.1) is 28.8 Å². The van der Waals surface area contributed by atoms with E-state index in [9.17, 15) is 33.0 Å². The summed E-state index contributed by atoms with van der Waals surface area (Å²) in [6.07, 6.45) is 0.249. The zero-order valence-corrected chi connectivity index (χ0v) is 36.7. The first-order valence-corrected chi connectivity index (χ1v) is 22.5. The van der Waals surface area contributed by atoms with Crippen LogP contribution in [-0.4, -0.2) is 51.8 Å². The van der Waals surface area contributed by atoms with Gasteiger partial charge in [-0.05, 0) is 146 Å². The van der Waals surface area contributed by atoms with E-state index >= 15 is 0 Å². The number of nitrogens with zero attached hydrogens (tertiary/aromatic N) is 1. The lowest BCUT2D eigenvalue weighted by molar-refractivity contribution is -0.137. The molecular weight excluding hydrogens is 847 g/mol. The summed E-state index contributed by atoms with van der Waals surface area (Å²) >= 11 is 7.96. The predicted molar refractivity (Wildman–Crippen MR) is 241 cm³/mol. The third-order valence-corrected chi connectivity index (χ3v) is 14.4. The first-order chi connectivity index (χ1) is 30.1. The third kappa shape index (κ3) is 9.53. The molecule has 328 valence electrons. The summed E-state index contributed by atoms with van der Waals surface area (Å²) in [4.78, 5) is 31.7. The maximum Gasteiger partial charge on any atom is 0.416 e. The van der Waals surface area contributed by atoms with Gasteiger partial charge in [-0.2, -0.15) is 13.2 Å². The number of ketones is 1. The smallest absolute Gasteiger partial charge is 0.416 e. The quantitative estimate of drug-likeness (QED) is 0.111. The molecule has 2 N–H and O–H groups in total. The molecule has 2 bridgehead atoms. The van der Waals surface area contributed by atoms with E-state index < -0.39 is 40.7 Å². The van der Waals surface area contributed by atoms with Crippen molar-refractivity contribution in [2.75, 3.05) is 13.1 Å². The third-order valence-electron chi connectivity index (χ3n) is 13.2. The Morgan fingerprint density at radius 3 is 2.54 bits per heavy atom. The van der Waals surface area contributed by atoms with Gasteiger partial charge in [-0.1, -0.05) is 78.7 Å².